The summed E-state index contributed by atoms with van der Waals surface area (Å²) in [5.74, 6) is -7.11. The molecule has 0 aromatic rings. The minimum absolute atomic E-state index is 0.0621. The molecule has 0 aliphatic rings. The van der Waals surface area contributed by atoms with Crippen molar-refractivity contribution in [1.29, 1.82) is 0 Å². The fourth-order valence-electron chi connectivity index (χ4n) is 5.15. The predicted molar refractivity (Wildman–Crippen MR) is 179 cm³/mol. The largest absolute Gasteiger partial charge is 0.481 e. The number of ketones is 1. The van der Waals surface area contributed by atoms with Crippen LogP contribution in [-0.2, 0) is 38.4 Å². The van der Waals surface area contributed by atoms with Gasteiger partial charge in [-0.3, -0.25) is 19.2 Å². The summed E-state index contributed by atoms with van der Waals surface area (Å²) in [5, 5.41) is 43.6. The second kappa shape index (κ2) is 27.9. The maximum Gasteiger partial charge on any atom is 0.326 e. The van der Waals surface area contributed by atoms with Crippen LogP contribution in [0.15, 0.2) is 0 Å². The summed E-state index contributed by atoms with van der Waals surface area (Å²) in [4.78, 5) is 93.0. The first-order valence-corrected chi connectivity index (χ1v) is 17.5. The first kappa shape index (κ1) is 45.0. The molecule has 0 fully saturated rings. The van der Waals surface area contributed by atoms with E-state index in [4.69, 9.17) is 5.11 Å². The van der Waals surface area contributed by atoms with E-state index in [9.17, 15) is 53.7 Å². The minimum Gasteiger partial charge on any atom is -0.481 e. The van der Waals surface area contributed by atoms with Gasteiger partial charge in [-0.1, -0.05) is 77.0 Å². The Kier molecular flexibility index (Phi) is 25.6. The number of aliphatic carboxylic acids is 4. The third-order valence-corrected chi connectivity index (χ3v) is 8.05. The Bertz CT molecular complexity index is 1070. The molecule has 7 N–H and O–H groups in total. The number of carbonyl (C=O) groups excluding carboxylic acids is 4. The van der Waals surface area contributed by atoms with Crippen molar-refractivity contribution in [2.75, 3.05) is 0 Å². The van der Waals surface area contributed by atoms with E-state index in [-0.39, 0.29) is 44.3 Å². The van der Waals surface area contributed by atoms with Crippen molar-refractivity contribution in [3.63, 3.8) is 0 Å². The average molecular weight is 700 g/mol. The van der Waals surface area contributed by atoms with Gasteiger partial charge >= 0.3 is 23.9 Å². The highest BCUT2D eigenvalue weighted by Gasteiger charge is 2.26. The van der Waals surface area contributed by atoms with Crippen LogP contribution in [-0.4, -0.2) is 85.9 Å². The van der Waals surface area contributed by atoms with Crippen LogP contribution in [0, 0.1) is 0 Å². The zero-order valence-corrected chi connectivity index (χ0v) is 28.8. The maximum atomic E-state index is 12.4. The van der Waals surface area contributed by atoms with E-state index in [1.165, 1.54) is 32.6 Å². The molecular weight excluding hydrogens is 642 g/mol. The molecule has 0 aromatic heterocycles. The van der Waals surface area contributed by atoms with E-state index in [0.717, 1.165) is 57.8 Å². The maximum absolute atomic E-state index is 12.4. The summed E-state index contributed by atoms with van der Waals surface area (Å²) >= 11 is 0. The Morgan fingerprint density at radius 2 is 0.653 bits per heavy atom. The smallest absolute Gasteiger partial charge is 0.326 e. The van der Waals surface area contributed by atoms with Crippen molar-refractivity contribution >= 4 is 47.4 Å². The number of unbranched alkanes of at least 4 members (excludes halogenated alkanes) is 13. The van der Waals surface area contributed by atoms with E-state index in [1.54, 1.807) is 0 Å². The number of Topliss-reactive ketones (excluding diaryl/α,β-unsaturated/α-hetero) is 1. The Labute approximate surface area is 288 Å². The van der Waals surface area contributed by atoms with Crippen LogP contribution in [0.3, 0.4) is 0 Å². The number of hydrogen-bond donors (Lipinski definition) is 7. The molecule has 15 heteroatoms. The third kappa shape index (κ3) is 26.6. The lowest BCUT2D eigenvalue weighted by molar-refractivity contribution is -0.144. The molecule has 0 spiro atoms. The van der Waals surface area contributed by atoms with Gasteiger partial charge in [0.2, 0.25) is 17.7 Å². The van der Waals surface area contributed by atoms with Crippen LogP contribution >= 0.6 is 0 Å². The number of rotatable bonds is 32. The van der Waals surface area contributed by atoms with Crippen molar-refractivity contribution in [3.8, 4) is 0 Å². The van der Waals surface area contributed by atoms with Gasteiger partial charge in [0.25, 0.3) is 0 Å². The molecule has 3 amide bonds. The van der Waals surface area contributed by atoms with Gasteiger partial charge in [-0.2, -0.15) is 0 Å². The highest BCUT2D eigenvalue weighted by molar-refractivity contribution is 5.87. The van der Waals surface area contributed by atoms with Gasteiger partial charge in [0, 0.05) is 32.1 Å². The van der Waals surface area contributed by atoms with Gasteiger partial charge in [0.1, 0.15) is 23.9 Å². The second-order valence-electron chi connectivity index (χ2n) is 12.5. The summed E-state index contributed by atoms with van der Waals surface area (Å²) in [6.07, 6.45) is 13.2. The van der Waals surface area contributed by atoms with Gasteiger partial charge in [0.15, 0.2) is 0 Å². The average Bonchev–Trinajstić information content (AvgIpc) is 3.02. The van der Waals surface area contributed by atoms with Crippen LogP contribution in [0.1, 0.15) is 148 Å². The lowest BCUT2D eigenvalue weighted by Gasteiger charge is -2.18. The quantitative estimate of drug-likeness (QED) is 0.0493. The molecule has 0 rings (SSSR count). The summed E-state index contributed by atoms with van der Waals surface area (Å²) in [6, 6.07) is -4.15. The predicted octanol–water partition coefficient (Wildman–Crippen LogP) is 3.95. The Morgan fingerprint density at radius 1 is 0.388 bits per heavy atom. The van der Waals surface area contributed by atoms with Crippen LogP contribution in [0.2, 0.25) is 0 Å². The van der Waals surface area contributed by atoms with Crippen molar-refractivity contribution in [3.05, 3.63) is 0 Å². The molecule has 0 aliphatic heterocycles. The Morgan fingerprint density at radius 3 is 0.939 bits per heavy atom. The summed E-state index contributed by atoms with van der Waals surface area (Å²) < 4.78 is 0. The van der Waals surface area contributed by atoms with Crippen LogP contribution < -0.4 is 16.0 Å². The van der Waals surface area contributed by atoms with E-state index >= 15 is 0 Å². The number of nitrogens with one attached hydrogen (secondary N) is 3. The van der Waals surface area contributed by atoms with Crippen molar-refractivity contribution in [2.24, 2.45) is 0 Å². The molecule has 280 valence electrons. The molecule has 49 heavy (non-hydrogen) atoms. The topological polar surface area (TPSA) is 254 Å². The molecule has 0 unspecified atom stereocenters. The highest BCUT2D eigenvalue weighted by Crippen LogP contribution is 2.14. The van der Waals surface area contributed by atoms with E-state index in [1.807, 2.05) is 0 Å². The van der Waals surface area contributed by atoms with Crippen molar-refractivity contribution in [1.82, 2.24) is 16.0 Å². The SMILES string of the molecule is CC(=O)CC[C@H](NC(=O)CC[C@H](NC(=O)CC[C@H](NC(=O)CCCCCCCCCCCCCCCCC(=O)O)C(=O)O)C(=O)O)C(=O)O. The summed E-state index contributed by atoms with van der Waals surface area (Å²) in [7, 11) is 0. The first-order chi connectivity index (χ1) is 23.2. The molecular formula is C34H57N3O12. The van der Waals surface area contributed by atoms with Gasteiger partial charge in [-0.25, -0.2) is 14.4 Å². The van der Waals surface area contributed by atoms with Gasteiger partial charge in [-0.05, 0) is 39.0 Å². The lowest BCUT2D eigenvalue weighted by Crippen LogP contribution is -2.45. The standard InChI is InChI=1S/C34H57N3O12/c1-24(38)18-19-25(32(44)45)36-29(40)23-21-27(34(48)49)37-30(41)22-20-26(33(46)47)35-28(39)16-14-12-10-8-6-4-2-3-5-7-9-11-13-15-17-31(42)43/h25-27H,2-23H2,1H3,(H,35,39)(H,36,40)(H,37,41)(H,42,43)(H,44,45)(H,46,47)(H,48,49)/t25-,26-,27-/m0/s1. The van der Waals surface area contributed by atoms with Crippen LogP contribution in [0.4, 0.5) is 0 Å². The molecule has 3 atom stereocenters. The molecule has 0 saturated carbocycles. The lowest BCUT2D eigenvalue weighted by atomic mass is 10.0. The number of carboxylic acid groups (broad SMARTS) is 4. The molecule has 15 nitrogen and oxygen atoms in total. The molecule has 0 bridgehead atoms. The van der Waals surface area contributed by atoms with Gasteiger partial charge in [0.05, 0.1) is 0 Å². The monoisotopic (exact) mass is 699 g/mol. The minimum atomic E-state index is -1.49. The van der Waals surface area contributed by atoms with Crippen molar-refractivity contribution in [2.45, 2.75) is 166 Å². The number of hydrogen-bond acceptors (Lipinski definition) is 8. The molecule has 0 aromatic carbocycles. The fraction of sp³-hybridized carbons (Fsp3) is 0.765. The van der Waals surface area contributed by atoms with Gasteiger partial charge in [-0.15, -0.1) is 0 Å². The normalized spacial score (nSPS) is 12.7. The zero-order valence-electron chi connectivity index (χ0n) is 28.8. The van der Waals surface area contributed by atoms with E-state index < -0.39 is 72.6 Å². The second-order valence-corrected chi connectivity index (χ2v) is 12.5. The van der Waals surface area contributed by atoms with Crippen LogP contribution in [0.5, 0.6) is 0 Å². The van der Waals surface area contributed by atoms with Gasteiger partial charge < -0.3 is 41.2 Å². The number of amides is 3. The van der Waals surface area contributed by atoms with E-state index in [2.05, 4.69) is 16.0 Å². The molecule has 0 aliphatic carbocycles. The highest BCUT2D eigenvalue weighted by atomic mass is 16.4. The third-order valence-electron chi connectivity index (χ3n) is 8.05. The molecule has 0 saturated heterocycles. The first-order valence-electron chi connectivity index (χ1n) is 17.5. The summed E-state index contributed by atoms with van der Waals surface area (Å²) in [5.41, 5.74) is 0. The summed E-state index contributed by atoms with van der Waals surface area (Å²) in [6.45, 7) is 1.28. The van der Waals surface area contributed by atoms with Crippen molar-refractivity contribution < 1.29 is 58.8 Å². The fourth-order valence-corrected chi connectivity index (χ4v) is 5.15. The number of carboxylic acids is 4. The molecule has 0 radical (unpaired) electrons. The Balaban J connectivity index is 4.21. The van der Waals surface area contributed by atoms with E-state index in [0.29, 0.717) is 6.42 Å². The van der Waals surface area contributed by atoms with Crippen LogP contribution in [0.25, 0.3) is 0 Å². The Hall–Kier alpha value is -4.04. The molecule has 0 heterocycles. The zero-order chi connectivity index (χ0) is 37.0. The number of carbonyl (C=O) groups is 8.